The summed E-state index contributed by atoms with van der Waals surface area (Å²) in [6, 6.07) is 7.25. The number of carbonyl (C=O) groups is 2. The highest BCUT2D eigenvalue weighted by atomic mass is 35.5. The van der Waals surface area contributed by atoms with Crippen molar-refractivity contribution in [3.05, 3.63) is 63.5 Å². The molecule has 0 atom stereocenters. The Labute approximate surface area is 184 Å². The van der Waals surface area contributed by atoms with Crippen LogP contribution in [0.4, 0.5) is 23.7 Å². The Bertz CT molecular complexity index is 1130. The van der Waals surface area contributed by atoms with Gasteiger partial charge in [-0.15, -0.1) is 0 Å². The van der Waals surface area contributed by atoms with Crippen molar-refractivity contribution in [1.29, 1.82) is 0 Å². The van der Waals surface area contributed by atoms with Crippen molar-refractivity contribution in [3.63, 3.8) is 0 Å². The van der Waals surface area contributed by atoms with Gasteiger partial charge in [-0.05, 0) is 31.2 Å². The minimum absolute atomic E-state index is 0.0155. The number of alkyl halides is 3. The van der Waals surface area contributed by atoms with Gasteiger partial charge in [0.05, 0.1) is 27.0 Å². The number of nitrogens with zero attached hydrogens (tertiary/aromatic N) is 2. The summed E-state index contributed by atoms with van der Waals surface area (Å²) >= 11 is 12.1. The zero-order valence-corrected chi connectivity index (χ0v) is 17.4. The molecule has 0 unspecified atom stereocenters. The predicted molar refractivity (Wildman–Crippen MR) is 108 cm³/mol. The maximum Gasteiger partial charge on any atom is 0.435 e. The summed E-state index contributed by atoms with van der Waals surface area (Å²) in [7, 11) is 0. The Morgan fingerprint density at radius 3 is 2.45 bits per heavy atom. The van der Waals surface area contributed by atoms with Gasteiger partial charge in [-0.3, -0.25) is 9.20 Å². The molecule has 0 aliphatic carbocycles. The first-order valence-electron chi connectivity index (χ1n) is 8.86. The van der Waals surface area contributed by atoms with Gasteiger partial charge in [0, 0.05) is 12.7 Å². The quantitative estimate of drug-likeness (QED) is 0.534. The lowest BCUT2D eigenvalue weighted by Gasteiger charge is -2.10. The number of alkyl carbamates (subject to hydrolysis) is 1. The molecule has 2 aromatic heterocycles. The number of amides is 2. The Morgan fingerprint density at radius 1 is 1.16 bits per heavy atom. The number of benzene rings is 1. The van der Waals surface area contributed by atoms with Gasteiger partial charge < -0.3 is 15.4 Å². The molecule has 0 fully saturated rings. The van der Waals surface area contributed by atoms with E-state index in [4.69, 9.17) is 27.9 Å². The molecule has 164 valence electrons. The zero-order valence-electron chi connectivity index (χ0n) is 15.9. The standard InChI is InChI=1S/C19H15Cl2F3N4O3/c1-2-25-18(30)31-9-13-15(19(22,23)24)27-16-12(7-4-8-28(13)16)26-17(29)14-10(20)5-3-6-11(14)21/h3-8H,2,9H2,1H3,(H,25,30)(H,26,29). The van der Waals surface area contributed by atoms with Crippen LogP contribution in [0.25, 0.3) is 5.65 Å². The molecule has 0 aliphatic heterocycles. The number of pyridine rings is 1. The van der Waals surface area contributed by atoms with E-state index in [1.165, 1.54) is 30.5 Å². The zero-order chi connectivity index (χ0) is 22.8. The molecule has 0 radical (unpaired) electrons. The van der Waals surface area contributed by atoms with Gasteiger partial charge in [0.15, 0.2) is 11.3 Å². The molecular formula is C19H15Cl2F3N4O3. The fourth-order valence-electron chi connectivity index (χ4n) is 2.81. The Hall–Kier alpha value is -2.98. The third-order valence-electron chi connectivity index (χ3n) is 4.12. The monoisotopic (exact) mass is 474 g/mol. The molecule has 0 bridgehead atoms. The minimum atomic E-state index is -4.82. The lowest BCUT2D eigenvalue weighted by atomic mass is 10.2. The van der Waals surface area contributed by atoms with E-state index >= 15 is 0 Å². The summed E-state index contributed by atoms with van der Waals surface area (Å²) in [4.78, 5) is 27.8. The molecule has 7 nitrogen and oxygen atoms in total. The number of hydrogen-bond acceptors (Lipinski definition) is 4. The van der Waals surface area contributed by atoms with Crippen LogP contribution >= 0.6 is 23.2 Å². The Balaban J connectivity index is 2.02. The number of anilines is 1. The van der Waals surface area contributed by atoms with E-state index < -0.39 is 36.2 Å². The second-order valence-corrected chi connectivity index (χ2v) is 6.99. The highest BCUT2D eigenvalue weighted by Crippen LogP contribution is 2.34. The van der Waals surface area contributed by atoms with Gasteiger partial charge in [-0.25, -0.2) is 9.78 Å². The number of nitrogens with one attached hydrogen (secondary N) is 2. The first kappa shape index (κ1) is 22.7. The van der Waals surface area contributed by atoms with Crippen LogP contribution < -0.4 is 10.6 Å². The molecular weight excluding hydrogens is 460 g/mol. The molecule has 0 saturated heterocycles. The van der Waals surface area contributed by atoms with Gasteiger partial charge >= 0.3 is 12.3 Å². The Morgan fingerprint density at radius 2 is 1.84 bits per heavy atom. The van der Waals surface area contributed by atoms with Crippen LogP contribution in [0, 0.1) is 0 Å². The molecule has 2 heterocycles. The maximum absolute atomic E-state index is 13.6. The summed E-state index contributed by atoms with van der Waals surface area (Å²) < 4.78 is 46.7. The van der Waals surface area contributed by atoms with Crippen molar-refractivity contribution < 1.29 is 27.5 Å². The van der Waals surface area contributed by atoms with E-state index in [1.54, 1.807) is 13.0 Å². The Kier molecular flexibility index (Phi) is 6.61. The fraction of sp³-hybridized carbons (Fsp3) is 0.211. The van der Waals surface area contributed by atoms with Crippen LogP contribution in [-0.4, -0.2) is 27.9 Å². The van der Waals surface area contributed by atoms with Crippen LogP contribution in [-0.2, 0) is 17.5 Å². The number of carbonyl (C=O) groups excluding carboxylic acids is 2. The molecule has 3 aromatic rings. The van der Waals surface area contributed by atoms with E-state index in [-0.39, 0.29) is 33.5 Å². The van der Waals surface area contributed by atoms with E-state index in [9.17, 15) is 22.8 Å². The highest BCUT2D eigenvalue weighted by molar-refractivity contribution is 6.40. The number of aromatic nitrogens is 2. The SMILES string of the molecule is CCNC(=O)OCc1c(C(F)(F)F)nc2c(NC(=O)c3c(Cl)cccc3Cl)cccn12. The van der Waals surface area contributed by atoms with Crippen LogP contribution in [0.2, 0.25) is 10.0 Å². The first-order chi connectivity index (χ1) is 14.6. The minimum Gasteiger partial charge on any atom is -0.443 e. The van der Waals surface area contributed by atoms with Crippen molar-refractivity contribution in [3.8, 4) is 0 Å². The molecule has 1 aromatic carbocycles. The van der Waals surface area contributed by atoms with Gasteiger partial charge in [0.2, 0.25) is 0 Å². The largest absolute Gasteiger partial charge is 0.443 e. The van der Waals surface area contributed by atoms with Gasteiger partial charge in [-0.1, -0.05) is 29.3 Å². The summed E-state index contributed by atoms with van der Waals surface area (Å²) in [5.41, 5.74) is -1.88. The summed E-state index contributed by atoms with van der Waals surface area (Å²) in [5, 5.41) is 4.96. The number of fused-ring (bicyclic) bond motifs is 1. The normalized spacial score (nSPS) is 11.4. The molecule has 31 heavy (non-hydrogen) atoms. The first-order valence-corrected chi connectivity index (χ1v) is 9.62. The third-order valence-corrected chi connectivity index (χ3v) is 4.75. The average molecular weight is 475 g/mol. The van der Waals surface area contributed by atoms with Gasteiger partial charge in [0.25, 0.3) is 5.91 Å². The smallest absolute Gasteiger partial charge is 0.435 e. The van der Waals surface area contributed by atoms with E-state index in [0.29, 0.717) is 0 Å². The van der Waals surface area contributed by atoms with Crippen LogP contribution in [0.15, 0.2) is 36.5 Å². The predicted octanol–water partition coefficient (Wildman–Crippen LogP) is 5.16. The summed E-state index contributed by atoms with van der Waals surface area (Å²) in [6.07, 6.45) is -4.38. The molecule has 2 amide bonds. The number of halogens is 5. The van der Waals surface area contributed by atoms with Gasteiger partial charge in [0.1, 0.15) is 6.61 Å². The molecule has 2 N–H and O–H groups in total. The van der Waals surface area contributed by atoms with Crippen LogP contribution in [0.3, 0.4) is 0 Å². The van der Waals surface area contributed by atoms with E-state index in [0.717, 1.165) is 4.40 Å². The second-order valence-electron chi connectivity index (χ2n) is 6.18. The number of hydrogen-bond donors (Lipinski definition) is 2. The average Bonchev–Trinajstić information content (AvgIpc) is 3.06. The van der Waals surface area contributed by atoms with Crippen molar-refractivity contribution in [2.75, 3.05) is 11.9 Å². The van der Waals surface area contributed by atoms with Crippen LogP contribution in [0.5, 0.6) is 0 Å². The van der Waals surface area contributed by atoms with Crippen molar-refractivity contribution in [1.82, 2.24) is 14.7 Å². The number of imidazole rings is 1. The third kappa shape index (κ3) is 4.86. The van der Waals surface area contributed by atoms with Crippen molar-refractivity contribution >= 4 is 46.5 Å². The second kappa shape index (κ2) is 9.03. The van der Waals surface area contributed by atoms with Crippen LogP contribution in [0.1, 0.15) is 28.7 Å². The maximum atomic E-state index is 13.6. The van der Waals surface area contributed by atoms with Gasteiger partial charge in [-0.2, -0.15) is 13.2 Å². The molecule has 0 saturated carbocycles. The van der Waals surface area contributed by atoms with E-state index in [1.807, 2.05) is 0 Å². The summed E-state index contributed by atoms with van der Waals surface area (Å²) in [6.45, 7) is 1.20. The molecule has 0 aliphatic rings. The highest BCUT2D eigenvalue weighted by Gasteiger charge is 2.38. The molecule has 0 spiro atoms. The van der Waals surface area contributed by atoms with Crippen molar-refractivity contribution in [2.45, 2.75) is 19.7 Å². The molecule has 3 rings (SSSR count). The van der Waals surface area contributed by atoms with E-state index in [2.05, 4.69) is 15.6 Å². The lowest BCUT2D eigenvalue weighted by molar-refractivity contribution is -0.142. The van der Waals surface area contributed by atoms with Crippen molar-refractivity contribution in [2.24, 2.45) is 0 Å². The fourth-order valence-corrected chi connectivity index (χ4v) is 3.38. The molecule has 12 heteroatoms. The number of ether oxygens (including phenoxy) is 1. The number of rotatable bonds is 5. The topological polar surface area (TPSA) is 84.7 Å². The lowest BCUT2D eigenvalue weighted by Crippen LogP contribution is -2.24. The summed E-state index contributed by atoms with van der Waals surface area (Å²) in [5.74, 6) is -0.722.